The van der Waals surface area contributed by atoms with Crippen LogP contribution in [0.5, 0.6) is 0 Å². The van der Waals surface area contributed by atoms with Crippen molar-refractivity contribution in [2.75, 3.05) is 13.1 Å². The van der Waals surface area contributed by atoms with Crippen molar-refractivity contribution in [1.82, 2.24) is 14.5 Å². The molecule has 0 unspecified atom stereocenters. The normalized spacial score (nSPS) is 12.6. The molecule has 0 aliphatic carbocycles. The molecule has 0 spiro atoms. The summed E-state index contributed by atoms with van der Waals surface area (Å²) in [6.07, 6.45) is 6.54. The van der Waals surface area contributed by atoms with Gasteiger partial charge in [0, 0.05) is 31.5 Å². The largest absolute Gasteiger partial charge is 0.409 e. The number of oxime groups is 1. The Morgan fingerprint density at radius 3 is 2.88 bits per heavy atom. The molecule has 17 heavy (non-hydrogen) atoms. The molecule has 0 bridgehead atoms. The maximum atomic E-state index is 8.57. The number of aryl methyl sites for hydroxylation is 1. The van der Waals surface area contributed by atoms with Gasteiger partial charge in [-0.3, -0.25) is 4.90 Å². The molecule has 6 nitrogen and oxygen atoms in total. The molecule has 0 aromatic carbocycles. The second kappa shape index (κ2) is 6.90. The Hall–Kier alpha value is -1.56. The molecule has 0 fully saturated rings. The molecule has 0 saturated heterocycles. The van der Waals surface area contributed by atoms with Crippen LogP contribution in [0.3, 0.4) is 0 Å². The highest BCUT2D eigenvalue weighted by atomic mass is 16.4. The molecule has 6 heteroatoms. The first kappa shape index (κ1) is 13.5. The number of hydrogen-bond acceptors (Lipinski definition) is 4. The monoisotopic (exact) mass is 239 g/mol. The van der Waals surface area contributed by atoms with Crippen molar-refractivity contribution in [2.45, 2.75) is 32.9 Å². The fourth-order valence-corrected chi connectivity index (χ4v) is 1.63. The lowest BCUT2D eigenvalue weighted by atomic mass is 10.2. The summed E-state index contributed by atoms with van der Waals surface area (Å²) in [5.41, 5.74) is 5.52. The smallest absolute Gasteiger partial charge is 0.153 e. The lowest BCUT2D eigenvalue weighted by Crippen LogP contribution is -2.39. The first-order chi connectivity index (χ1) is 8.13. The molecular formula is C11H21N5O. The lowest BCUT2D eigenvalue weighted by Gasteiger charge is -2.25. The van der Waals surface area contributed by atoms with Gasteiger partial charge in [-0.15, -0.1) is 0 Å². The molecule has 0 aliphatic rings. The SMILES string of the molecule is CC(C)N(CCCn1ccnc1)CC(N)=NO. The Bertz CT molecular complexity index is 334. The maximum absolute atomic E-state index is 8.57. The zero-order chi connectivity index (χ0) is 12.7. The topological polar surface area (TPSA) is 79.7 Å². The third-order valence-electron chi connectivity index (χ3n) is 2.64. The van der Waals surface area contributed by atoms with Crippen molar-refractivity contribution < 1.29 is 5.21 Å². The number of rotatable bonds is 7. The van der Waals surface area contributed by atoms with Gasteiger partial charge in [-0.05, 0) is 20.3 Å². The van der Waals surface area contributed by atoms with Gasteiger partial charge in [0.25, 0.3) is 0 Å². The van der Waals surface area contributed by atoms with E-state index in [1.165, 1.54) is 0 Å². The second-order valence-corrected chi connectivity index (χ2v) is 4.31. The van der Waals surface area contributed by atoms with Crippen LogP contribution in [0.4, 0.5) is 0 Å². The molecule has 1 rings (SSSR count). The molecule has 1 aromatic heterocycles. The summed E-state index contributed by atoms with van der Waals surface area (Å²) in [6.45, 7) is 6.54. The van der Waals surface area contributed by atoms with Gasteiger partial charge in [0.2, 0.25) is 0 Å². The van der Waals surface area contributed by atoms with Gasteiger partial charge in [-0.25, -0.2) is 4.98 Å². The summed E-state index contributed by atoms with van der Waals surface area (Å²) in [7, 11) is 0. The van der Waals surface area contributed by atoms with Gasteiger partial charge in [-0.2, -0.15) is 0 Å². The molecule has 3 N–H and O–H groups in total. The highest BCUT2D eigenvalue weighted by molar-refractivity contribution is 5.81. The Kier molecular flexibility index (Phi) is 5.48. The van der Waals surface area contributed by atoms with Crippen molar-refractivity contribution in [1.29, 1.82) is 0 Å². The molecule has 0 radical (unpaired) electrons. The van der Waals surface area contributed by atoms with E-state index in [1.807, 2.05) is 17.1 Å². The summed E-state index contributed by atoms with van der Waals surface area (Å²) in [4.78, 5) is 6.17. The van der Waals surface area contributed by atoms with E-state index >= 15 is 0 Å². The van der Waals surface area contributed by atoms with Crippen LogP contribution in [0.15, 0.2) is 23.9 Å². The molecule has 1 aromatic rings. The van der Waals surface area contributed by atoms with Crippen molar-refractivity contribution in [3.8, 4) is 0 Å². The van der Waals surface area contributed by atoms with Gasteiger partial charge >= 0.3 is 0 Å². The number of hydrogen-bond donors (Lipinski definition) is 2. The van der Waals surface area contributed by atoms with Gasteiger partial charge in [0.15, 0.2) is 5.84 Å². The molecule has 0 atom stereocenters. The molecule has 0 amide bonds. The van der Waals surface area contributed by atoms with Crippen LogP contribution in [0.25, 0.3) is 0 Å². The van der Waals surface area contributed by atoms with Crippen LogP contribution in [0.1, 0.15) is 20.3 Å². The van der Waals surface area contributed by atoms with Gasteiger partial charge < -0.3 is 15.5 Å². The van der Waals surface area contributed by atoms with Crippen LogP contribution in [-0.4, -0.2) is 44.6 Å². The van der Waals surface area contributed by atoms with Crippen LogP contribution < -0.4 is 5.73 Å². The molecule has 0 saturated carbocycles. The predicted octanol–water partition coefficient (Wildman–Crippen LogP) is 0.730. The number of nitrogens with zero attached hydrogens (tertiary/aromatic N) is 4. The first-order valence-electron chi connectivity index (χ1n) is 5.79. The summed E-state index contributed by atoms with van der Waals surface area (Å²) >= 11 is 0. The number of amidine groups is 1. The minimum atomic E-state index is 0.251. The average Bonchev–Trinajstić information content (AvgIpc) is 2.80. The predicted molar refractivity (Wildman–Crippen MR) is 67.0 cm³/mol. The third kappa shape index (κ3) is 4.86. The summed E-state index contributed by atoms with van der Waals surface area (Å²) in [5.74, 6) is 0.251. The van der Waals surface area contributed by atoms with Gasteiger partial charge in [0.1, 0.15) is 0 Å². The lowest BCUT2D eigenvalue weighted by molar-refractivity contribution is 0.240. The van der Waals surface area contributed by atoms with E-state index in [1.54, 1.807) is 6.20 Å². The Labute approximate surface area is 102 Å². The summed E-state index contributed by atoms with van der Waals surface area (Å²) < 4.78 is 2.04. The third-order valence-corrected chi connectivity index (χ3v) is 2.64. The van der Waals surface area contributed by atoms with E-state index in [9.17, 15) is 0 Å². The number of imidazole rings is 1. The minimum Gasteiger partial charge on any atom is -0.409 e. The summed E-state index contributed by atoms with van der Waals surface area (Å²) in [5, 5.41) is 11.6. The molecular weight excluding hydrogens is 218 g/mol. The molecule has 96 valence electrons. The number of nitrogens with two attached hydrogens (primary N) is 1. The highest BCUT2D eigenvalue weighted by Crippen LogP contribution is 2.01. The van der Waals surface area contributed by atoms with Gasteiger partial charge in [-0.1, -0.05) is 5.16 Å². The Morgan fingerprint density at radius 1 is 1.59 bits per heavy atom. The minimum absolute atomic E-state index is 0.251. The van der Waals surface area contributed by atoms with Crippen LogP contribution >= 0.6 is 0 Å². The van der Waals surface area contributed by atoms with E-state index in [2.05, 4.69) is 28.9 Å². The maximum Gasteiger partial charge on any atom is 0.153 e. The van der Waals surface area contributed by atoms with E-state index in [4.69, 9.17) is 10.9 Å². The quantitative estimate of drug-likeness (QED) is 0.318. The Balaban J connectivity index is 2.34. The standard InChI is InChI=1S/C11H21N5O/c1-10(2)16(8-11(12)14-17)6-3-5-15-7-4-13-9-15/h4,7,9-10,17H,3,5-6,8H2,1-2H3,(H2,12,14). The second-order valence-electron chi connectivity index (χ2n) is 4.31. The van der Waals surface area contributed by atoms with Crippen LogP contribution in [0.2, 0.25) is 0 Å². The van der Waals surface area contributed by atoms with E-state index in [0.717, 1.165) is 19.5 Å². The van der Waals surface area contributed by atoms with Gasteiger partial charge in [0.05, 0.1) is 12.9 Å². The average molecular weight is 239 g/mol. The molecule has 1 heterocycles. The van der Waals surface area contributed by atoms with Crippen molar-refractivity contribution in [2.24, 2.45) is 10.9 Å². The molecule has 0 aliphatic heterocycles. The first-order valence-corrected chi connectivity index (χ1v) is 5.79. The highest BCUT2D eigenvalue weighted by Gasteiger charge is 2.10. The van der Waals surface area contributed by atoms with E-state index < -0.39 is 0 Å². The van der Waals surface area contributed by atoms with Crippen molar-refractivity contribution in [3.63, 3.8) is 0 Å². The van der Waals surface area contributed by atoms with Crippen molar-refractivity contribution >= 4 is 5.84 Å². The summed E-state index contributed by atoms with van der Waals surface area (Å²) in [6, 6.07) is 0.373. The number of aromatic nitrogens is 2. The zero-order valence-electron chi connectivity index (χ0n) is 10.5. The van der Waals surface area contributed by atoms with Crippen LogP contribution in [0, 0.1) is 0 Å². The fourth-order valence-electron chi connectivity index (χ4n) is 1.63. The Morgan fingerprint density at radius 2 is 2.35 bits per heavy atom. The van der Waals surface area contributed by atoms with Crippen molar-refractivity contribution in [3.05, 3.63) is 18.7 Å². The van der Waals surface area contributed by atoms with E-state index in [0.29, 0.717) is 12.6 Å². The zero-order valence-corrected chi connectivity index (χ0v) is 10.5. The fraction of sp³-hybridized carbons (Fsp3) is 0.636. The van der Waals surface area contributed by atoms with Crippen LogP contribution in [-0.2, 0) is 6.54 Å². The van der Waals surface area contributed by atoms with E-state index in [-0.39, 0.29) is 5.84 Å².